The van der Waals surface area contributed by atoms with E-state index in [2.05, 4.69) is 12.1 Å². The Morgan fingerprint density at radius 2 is 2.00 bits per heavy atom. The monoisotopic (exact) mass is 289 g/mol. The minimum atomic E-state index is -1.13. The van der Waals surface area contributed by atoms with Gasteiger partial charge in [0, 0.05) is 6.42 Å². The Hall–Kier alpha value is -1.55. The minimum Gasteiger partial charge on any atom is -0.490 e. The topological polar surface area (TPSA) is 72.6 Å². The van der Waals surface area contributed by atoms with Gasteiger partial charge in [-0.05, 0) is 68.2 Å². The molecule has 0 radical (unpaired) electrons. The standard InChI is InChI=1S/C17H23NO3/c18-17(16(19)20)9-3-6-15(11-17)21-14-8-7-12-4-1-2-5-13(12)10-14/h7-8,10,15H,1-6,9,11,18H2,(H,19,20). The van der Waals surface area contributed by atoms with Gasteiger partial charge in [-0.3, -0.25) is 4.79 Å². The maximum atomic E-state index is 11.3. The molecule has 0 heterocycles. The van der Waals surface area contributed by atoms with E-state index in [-0.39, 0.29) is 6.10 Å². The molecule has 0 saturated heterocycles. The summed E-state index contributed by atoms with van der Waals surface area (Å²) in [4.78, 5) is 11.3. The van der Waals surface area contributed by atoms with Crippen LogP contribution in [0.15, 0.2) is 18.2 Å². The second-order valence-corrected chi connectivity index (χ2v) is 6.44. The van der Waals surface area contributed by atoms with Gasteiger partial charge in [0.25, 0.3) is 0 Å². The van der Waals surface area contributed by atoms with Gasteiger partial charge in [-0.25, -0.2) is 0 Å². The molecule has 1 fully saturated rings. The molecule has 0 amide bonds. The van der Waals surface area contributed by atoms with Gasteiger partial charge in [0.1, 0.15) is 17.4 Å². The van der Waals surface area contributed by atoms with Crippen LogP contribution in [0.1, 0.15) is 49.7 Å². The van der Waals surface area contributed by atoms with Crippen molar-refractivity contribution in [3.05, 3.63) is 29.3 Å². The zero-order valence-corrected chi connectivity index (χ0v) is 12.3. The SMILES string of the molecule is NC1(C(=O)O)CCCC(Oc2ccc3c(c2)CCCC3)C1. The smallest absolute Gasteiger partial charge is 0.323 e. The molecule has 2 aliphatic rings. The largest absolute Gasteiger partial charge is 0.490 e. The molecule has 0 aliphatic heterocycles. The molecular formula is C17H23NO3. The summed E-state index contributed by atoms with van der Waals surface area (Å²) in [5.41, 5.74) is 7.66. The first kappa shape index (κ1) is 14.4. The van der Waals surface area contributed by atoms with E-state index in [1.807, 2.05) is 6.07 Å². The number of hydrogen-bond acceptors (Lipinski definition) is 3. The molecule has 1 aromatic carbocycles. The molecule has 4 heteroatoms. The summed E-state index contributed by atoms with van der Waals surface area (Å²) in [7, 11) is 0. The van der Waals surface area contributed by atoms with Gasteiger partial charge < -0.3 is 15.6 Å². The first-order valence-electron chi connectivity index (χ1n) is 7.87. The Balaban J connectivity index is 1.70. The Morgan fingerprint density at radius 1 is 1.24 bits per heavy atom. The van der Waals surface area contributed by atoms with Gasteiger partial charge in [-0.15, -0.1) is 0 Å². The second kappa shape index (κ2) is 5.68. The number of benzene rings is 1. The van der Waals surface area contributed by atoms with Gasteiger partial charge >= 0.3 is 5.97 Å². The third-order valence-corrected chi connectivity index (χ3v) is 4.79. The van der Waals surface area contributed by atoms with E-state index in [0.717, 1.165) is 31.4 Å². The molecule has 2 unspecified atom stereocenters. The van der Waals surface area contributed by atoms with E-state index < -0.39 is 11.5 Å². The molecule has 0 spiro atoms. The van der Waals surface area contributed by atoms with E-state index >= 15 is 0 Å². The van der Waals surface area contributed by atoms with Crippen LogP contribution in [0.3, 0.4) is 0 Å². The summed E-state index contributed by atoms with van der Waals surface area (Å²) >= 11 is 0. The Morgan fingerprint density at radius 3 is 2.76 bits per heavy atom. The number of aryl methyl sites for hydroxylation is 2. The van der Waals surface area contributed by atoms with Gasteiger partial charge in [-0.1, -0.05) is 6.07 Å². The van der Waals surface area contributed by atoms with Crippen molar-refractivity contribution in [2.75, 3.05) is 0 Å². The van der Waals surface area contributed by atoms with Crippen LogP contribution in [-0.2, 0) is 17.6 Å². The maximum absolute atomic E-state index is 11.3. The fourth-order valence-electron chi connectivity index (χ4n) is 3.53. The van der Waals surface area contributed by atoms with Crippen molar-refractivity contribution in [1.82, 2.24) is 0 Å². The summed E-state index contributed by atoms with van der Waals surface area (Å²) in [6.45, 7) is 0. The van der Waals surface area contributed by atoms with Gasteiger partial charge in [0.15, 0.2) is 0 Å². The molecule has 1 saturated carbocycles. The number of aliphatic carboxylic acids is 1. The van der Waals surface area contributed by atoms with Crippen molar-refractivity contribution < 1.29 is 14.6 Å². The lowest BCUT2D eigenvalue weighted by Crippen LogP contribution is -2.53. The van der Waals surface area contributed by atoms with Gasteiger partial charge in [0.2, 0.25) is 0 Å². The number of ether oxygens (including phenoxy) is 1. The average Bonchev–Trinajstić information content (AvgIpc) is 2.47. The third-order valence-electron chi connectivity index (χ3n) is 4.79. The van der Waals surface area contributed by atoms with Crippen LogP contribution in [-0.4, -0.2) is 22.7 Å². The number of hydrogen-bond donors (Lipinski definition) is 2. The Kier molecular flexibility index (Phi) is 3.89. The number of carboxylic acid groups (broad SMARTS) is 1. The first-order chi connectivity index (χ1) is 10.1. The van der Waals surface area contributed by atoms with E-state index in [9.17, 15) is 9.90 Å². The Labute approximate surface area is 125 Å². The number of rotatable bonds is 3. The molecule has 4 nitrogen and oxygen atoms in total. The number of nitrogens with two attached hydrogens (primary N) is 1. The van der Waals surface area contributed by atoms with Crippen molar-refractivity contribution in [2.45, 2.75) is 63.0 Å². The first-order valence-corrected chi connectivity index (χ1v) is 7.87. The lowest BCUT2D eigenvalue weighted by Gasteiger charge is -2.34. The number of carboxylic acids is 1. The van der Waals surface area contributed by atoms with Gasteiger partial charge in [0.05, 0.1) is 0 Å². The molecular weight excluding hydrogens is 266 g/mol. The second-order valence-electron chi connectivity index (χ2n) is 6.44. The zero-order chi connectivity index (χ0) is 14.9. The predicted octanol–water partition coefficient (Wildman–Crippen LogP) is 2.67. The summed E-state index contributed by atoms with van der Waals surface area (Å²) in [6.07, 6.45) is 7.29. The molecule has 114 valence electrons. The van der Waals surface area contributed by atoms with Crippen molar-refractivity contribution in [3.63, 3.8) is 0 Å². The van der Waals surface area contributed by atoms with Crippen molar-refractivity contribution in [2.24, 2.45) is 5.73 Å². The molecule has 0 aromatic heterocycles. The normalized spacial score (nSPS) is 28.7. The summed E-state index contributed by atoms with van der Waals surface area (Å²) in [5, 5.41) is 9.26. The highest BCUT2D eigenvalue weighted by Crippen LogP contribution is 2.31. The van der Waals surface area contributed by atoms with Crippen LogP contribution in [0, 0.1) is 0 Å². The van der Waals surface area contributed by atoms with Crippen LogP contribution in [0.2, 0.25) is 0 Å². The van der Waals surface area contributed by atoms with E-state index in [1.165, 1.54) is 24.0 Å². The molecule has 1 aromatic rings. The lowest BCUT2D eigenvalue weighted by molar-refractivity contribution is -0.145. The summed E-state index contributed by atoms with van der Waals surface area (Å²) < 4.78 is 6.02. The van der Waals surface area contributed by atoms with E-state index in [1.54, 1.807) is 0 Å². The van der Waals surface area contributed by atoms with Crippen LogP contribution in [0.25, 0.3) is 0 Å². The molecule has 2 aliphatic carbocycles. The van der Waals surface area contributed by atoms with Crippen LogP contribution >= 0.6 is 0 Å². The van der Waals surface area contributed by atoms with Crippen molar-refractivity contribution >= 4 is 5.97 Å². The molecule has 3 N–H and O–H groups in total. The van der Waals surface area contributed by atoms with Crippen LogP contribution in [0.4, 0.5) is 0 Å². The van der Waals surface area contributed by atoms with Crippen molar-refractivity contribution in [3.8, 4) is 5.75 Å². The predicted molar refractivity (Wildman–Crippen MR) is 80.5 cm³/mol. The van der Waals surface area contributed by atoms with E-state index in [4.69, 9.17) is 10.5 Å². The third kappa shape index (κ3) is 3.05. The van der Waals surface area contributed by atoms with Crippen LogP contribution < -0.4 is 10.5 Å². The lowest BCUT2D eigenvalue weighted by atomic mass is 9.81. The minimum absolute atomic E-state index is 0.0958. The number of fused-ring (bicyclic) bond motifs is 1. The molecule has 0 bridgehead atoms. The highest BCUT2D eigenvalue weighted by Gasteiger charge is 2.40. The maximum Gasteiger partial charge on any atom is 0.323 e. The molecule has 21 heavy (non-hydrogen) atoms. The molecule has 3 rings (SSSR count). The van der Waals surface area contributed by atoms with E-state index in [0.29, 0.717) is 12.8 Å². The average molecular weight is 289 g/mol. The fraction of sp³-hybridized carbons (Fsp3) is 0.588. The zero-order valence-electron chi connectivity index (χ0n) is 12.3. The molecule has 2 atom stereocenters. The highest BCUT2D eigenvalue weighted by molar-refractivity contribution is 5.78. The van der Waals surface area contributed by atoms with Crippen molar-refractivity contribution in [1.29, 1.82) is 0 Å². The highest BCUT2D eigenvalue weighted by atomic mass is 16.5. The summed E-state index contributed by atoms with van der Waals surface area (Å²) in [5.74, 6) is -0.0588. The fourth-order valence-corrected chi connectivity index (χ4v) is 3.53. The quantitative estimate of drug-likeness (QED) is 0.897. The summed E-state index contributed by atoms with van der Waals surface area (Å²) in [6, 6.07) is 6.29. The number of carbonyl (C=O) groups is 1. The van der Waals surface area contributed by atoms with Crippen LogP contribution in [0.5, 0.6) is 5.75 Å². The van der Waals surface area contributed by atoms with Gasteiger partial charge in [-0.2, -0.15) is 0 Å². The Bertz CT molecular complexity index is 543.